The van der Waals surface area contributed by atoms with Crippen molar-refractivity contribution in [1.82, 2.24) is 0 Å². The second-order valence-electron chi connectivity index (χ2n) is 3.56. The molecule has 2 atom stereocenters. The third kappa shape index (κ3) is 1.40. The average molecular weight is 192 g/mol. The summed E-state index contributed by atoms with van der Waals surface area (Å²) in [6.07, 6.45) is -0.288. The zero-order chi connectivity index (χ0) is 10.1. The van der Waals surface area contributed by atoms with Crippen molar-refractivity contribution in [1.29, 1.82) is 0 Å². The van der Waals surface area contributed by atoms with Gasteiger partial charge in [0, 0.05) is 0 Å². The van der Waals surface area contributed by atoms with E-state index < -0.39 is 11.9 Å². The minimum Gasteiger partial charge on any atom is -0.481 e. The number of carboxylic acid groups (broad SMARTS) is 1. The molecule has 0 aromatic heterocycles. The summed E-state index contributed by atoms with van der Waals surface area (Å²) in [6, 6.07) is 7.77. The minimum atomic E-state index is -0.813. The third-order valence-corrected chi connectivity index (χ3v) is 2.62. The first-order valence-corrected chi connectivity index (χ1v) is 4.62. The quantitative estimate of drug-likeness (QED) is 0.779. The Bertz CT molecular complexity index is 359. The molecule has 1 aromatic rings. The molecule has 0 spiro atoms. The number of hydrogen-bond donors (Lipinski definition) is 1. The summed E-state index contributed by atoms with van der Waals surface area (Å²) in [5, 5.41) is 8.89. The van der Waals surface area contributed by atoms with Crippen molar-refractivity contribution in [2.75, 3.05) is 0 Å². The van der Waals surface area contributed by atoms with Crippen LogP contribution in [0.1, 0.15) is 24.2 Å². The van der Waals surface area contributed by atoms with Gasteiger partial charge in [0.2, 0.25) is 0 Å². The first-order valence-electron chi connectivity index (χ1n) is 4.62. The second-order valence-corrected chi connectivity index (χ2v) is 3.56. The van der Waals surface area contributed by atoms with Crippen molar-refractivity contribution in [2.24, 2.45) is 5.92 Å². The Labute approximate surface area is 82.3 Å². The van der Waals surface area contributed by atoms with Crippen molar-refractivity contribution in [3.8, 4) is 0 Å². The molecule has 1 aliphatic heterocycles. The van der Waals surface area contributed by atoms with Gasteiger partial charge in [-0.2, -0.15) is 0 Å². The van der Waals surface area contributed by atoms with Crippen LogP contribution in [0.25, 0.3) is 0 Å². The smallest absolute Gasteiger partial charge is 0.309 e. The first kappa shape index (κ1) is 9.21. The van der Waals surface area contributed by atoms with Crippen LogP contribution in [-0.4, -0.2) is 11.1 Å². The van der Waals surface area contributed by atoms with E-state index in [9.17, 15) is 4.79 Å². The predicted octanol–water partition coefficient (Wildman–Crippen LogP) is 1.98. The zero-order valence-electron chi connectivity index (χ0n) is 7.93. The molecule has 2 unspecified atom stereocenters. The summed E-state index contributed by atoms with van der Waals surface area (Å²) in [6.45, 7) is 2.20. The van der Waals surface area contributed by atoms with Gasteiger partial charge < -0.3 is 9.84 Å². The molecule has 0 saturated heterocycles. The lowest BCUT2D eigenvalue weighted by Gasteiger charge is -2.15. The largest absolute Gasteiger partial charge is 0.481 e. The lowest BCUT2D eigenvalue weighted by molar-refractivity contribution is -0.146. The van der Waals surface area contributed by atoms with Crippen LogP contribution in [0.15, 0.2) is 24.3 Å². The van der Waals surface area contributed by atoms with E-state index >= 15 is 0 Å². The molecule has 0 fully saturated rings. The minimum absolute atomic E-state index is 0.288. The maximum atomic E-state index is 10.8. The number of carbonyl (C=O) groups is 1. The van der Waals surface area contributed by atoms with Crippen LogP contribution in [0.4, 0.5) is 0 Å². The summed E-state index contributed by atoms with van der Waals surface area (Å²) >= 11 is 0. The summed E-state index contributed by atoms with van der Waals surface area (Å²) in [7, 11) is 0. The molecule has 0 saturated carbocycles. The molecule has 1 aromatic carbocycles. The van der Waals surface area contributed by atoms with Crippen LogP contribution >= 0.6 is 0 Å². The van der Waals surface area contributed by atoms with Crippen molar-refractivity contribution in [2.45, 2.75) is 19.6 Å². The fourth-order valence-electron chi connectivity index (χ4n) is 1.76. The van der Waals surface area contributed by atoms with Crippen LogP contribution in [0.5, 0.6) is 0 Å². The van der Waals surface area contributed by atoms with E-state index in [-0.39, 0.29) is 6.10 Å². The number of ether oxygens (including phenoxy) is 1. The Kier molecular flexibility index (Phi) is 2.25. The topological polar surface area (TPSA) is 46.5 Å². The van der Waals surface area contributed by atoms with Gasteiger partial charge in [-0.3, -0.25) is 4.79 Å². The molecule has 0 aliphatic carbocycles. The maximum absolute atomic E-state index is 10.8. The van der Waals surface area contributed by atoms with E-state index in [0.29, 0.717) is 6.61 Å². The molecule has 74 valence electrons. The standard InChI is InChI=1S/C11H12O3/c1-7(11(12)13)10-9-5-3-2-4-8(9)6-14-10/h2-5,7,10H,6H2,1H3,(H,12,13). The predicted molar refractivity (Wildman–Crippen MR) is 50.8 cm³/mol. The zero-order valence-corrected chi connectivity index (χ0v) is 7.93. The van der Waals surface area contributed by atoms with Gasteiger partial charge in [0.25, 0.3) is 0 Å². The molecule has 2 rings (SSSR count). The Balaban J connectivity index is 2.30. The van der Waals surface area contributed by atoms with Crippen molar-refractivity contribution in [3.05, 3.63) is 35.4 Å². The number of hydrogen-bond acceptors (Lipinski definition) is 2. The highest BCUT2D eigenvalue weighted by Crippen LogP contribution is 2.35. The molecular weight excluding hydrogens is 180 g/mol. The molecule has 1 N–H and O–H groups in total. The van der Waals surface area contributed by atoms with E-state index in [4.69, 9.17) is 9.84 Å². The fourth-order valence-corrected chi connectivity index (χ4v) is 1.76. The maximum Gasteiger partial charge on any atom is 0.309 e. The Hall–Kier alpha value is -1.35. The van der Waals surface area contributed by atoms with Crippen LogP contribution in [0.2, 0.25) is 0 Å². The normalized spacial score (nSPS) is 21.6. The van der Waals surface area contributed by atoms with E-state index in [1.165, 1.54) is 0 Å². The number of aliphatic carboxylic acids is 1. The van der Waals surface area contributed by atoms with Crippen LogP contribution in [0.3, 0.4) is 0 Å². The monoisotopic (exact) mass is 192 g/mol. The Morgan fingerprint density at radius 2 is 2.29 bits per heavy atom. The molecule has 1 aliphatic rings. The highest BCUT2D eigenvalue weighted by Gasteiger charge is 2.31. The molecule has 3 heteroatoms. The van der Waals surface area contributed by atoms with Gasteiger partial charge in [0.1, 0.15) is 0 Å². The van der Waals surface area contributed by atoms with Crippen molar-refractivity contribution >= 4 is 5.97 Å². The highest BCUT2D eigenvalue weighted by molar-refractivity contribution is 5.70. The summed E-state index contributed by atoms with van der Waals surface area (Å²) in [4.78, 5) is 10.8. The number of rotatable bonds is 2. The molecule has 0 amide bonds. The lowest BCUT2D eigenvalue weighted by Crippen LogP contribution is -2.18. The van der Waals surface area contributed by atoms with Crippen LogP contribution in [0, 0.1) is 5.92 Å². The summed E-state index contributed by atoms with van der Waals surface area (Å²) < 4.78 is 5.47. The van der Waals surface area contributed by atoms with Gasteiger partial charge in [0.05, 0.1) is 18.6 Å². The van der Waals surface area contributed by atoms with Gasteiger partial charge in [0.15, 0.2) is 0 Å². The molecule has 1 heterocycles. The van der Waals surface area contributed by atoms with Gasteiger partial charge in [-0.15, -0.1) is 0 Å². The van der Waals surface area contributed by atoms with Crippen LogP contribution < -0.4 is 0 Å². The van der Waals surface area contributed by atoms with Crippen molar-refractivity contribution < 1.29 is 14.6 Å². The van der Waals surface area contributed by atoms with Crippen LogP contribution in [-0.2, 0) is 16.1 Å². The highest BCUT2D eigenvalue weighted by atomic mass is 16.5. The SMILES string of the molecule is CC(C(=O)O)C1OCc2ccccc21. The third-order valence-electron chi connectivity index (χ3n) is 2.62. The van der Waals surface area contributed by atoms with E-state index in [1.54, 1.807) is 6.92 Å². The molecule has 3 nitrogen and oxygen atoms in total. The number of fused-ring (bicyclic) bond motifs is 1. The van der Waals surface area contributed by atoms with Gasteiger partial charge in [-0.1, -0.05) is 24.3 Å². The summed E-state index contributed by atoms with van der Waals surface area (Å²) in [5.41, 5.74) is 2.12. The van der Waals surface area contributed by atoms with E-state index in [0.717, 1.165) is 11.1 Å². The Morgan fingerprint density at radius 3 is 3.00 bits per heavy atom. The first-order chi connectivity index (χ1) is 6.70. The lowest BCUT2D eigenvalue weighted by atomic mass is 9.96. The number of benzene rings is 1. The molecule has 14 heavy (non-hydrogen) atoms. The number of carboxylic acids is 1. The van der Waals surface area contributed by atoms with Gasteiger partial charge >= 0.3 is 5.97 Å². The fraction of sp³-hybridized carbons (Fsp3) is 0.364. The van der Waals surface area contributed by atoms with Gasteiger partial charge in [-0.05, 0) is 18.1 Å². The second kappa shape index (κ2) is 3.42. The van der Waals surface area contributed by atoms with E-state index in [2.05, 4.69) is 0 Å². The Morgan fingerprint density at radius 1 is 1.57 bits per heavy atom. The molecule has 0 bridgehead atoms. The van der Waals surface area contributed by atoms with Crippen molar-refractivity contribution in [3.63, 3.8) is 0 Å². The van der Waals surface area contributed by atoms with E-state index in [1.807, 2.05) is 24.3 Å². The average Bonchev–Trinajstić information content (AvgIpc) is 2.60. The molecular formula is C11H12O3. The summed E-state index contributed by atoms with van der Waals surface area (Å²) in [5.74, 6) is -1.30. The molecule has 0 radical (unpaired) electrons. The van der Waals surface area contributed by atoms with Gasteiger partial charge in [-0.25, -0.2) is 0 Å².